The van der Waals surface area contributed by atoms with Crippen molar-refractivity contribution in [1.29, 1.82) is 0 Å². The Balaban J connectivity index is 2.20. The predicted molar refractivity (Wildman–Crippen MR) is 69.1 cm³/mol. The summed E-state index contributed by atoms with van der Waals surface area (Å²) in [4.78, 5) is 3.97. The number of nitrogens with zero attached hydrogens (tertiary/aromatic N) is 1. The number of rotatable bonds is 3. The van der Waals surface area contributed by atoms with Crippen molar-refractivity contribution in [2.24, 2.45) is 0 Å². The lowest BCUT2D eigenvalue weighted by Crippen LogP contribution is -2.07. The summed E-state index contributed by atoms with van der Waals surface area (Å²) in [5.74, 6) is 0.0270. The third-order valence-corrected chi connectivity index (χ3v) is 3.17. The van der Waals surface area contributed by atoms with Crippen LogP contribution >= 0.6 is 11.6 Å². The molecule has 0 amide bonds. The number of pyridine rings is 1. The fourth-order valence-corrected chi connectivity index (χ4v) is 1.92. The molecule has 1 N–H and O–H groups in total. The second-order valence-corrected chi connectivity index (χ2v) is 4.50. The summed E-state index contributed by atoms with van der Waals surface area (Å²) in [6.07, 6.45) is 2.94. The molecule has 0 aliphatic heterocycles. The first-order chi connectivity index (χ1) is 8.18. The van der Waals surface area contributed by atoms with Crippen LogP contribution in [-0.4, -0.2) is 10.1 Å². The van der Waals surface area contributed by atoms with Gasteiger partial charge in [0.25, 0.3) is 0 Å². The van der Waals surface area contributed by atoms with Gasteiger partial charge in [-0.25, -0.2) is 0 Å². The maximum atomic E-state index is 10.3. The van der Waals surface area contributed by atoms with E-state index in [1.54, 1.807) is 24.5 Å². The zero-order valence-electron chi connectivity index (χ0n) is 9.55. The maximum Gasteiger partial charge on any atom is 0.0855 e. The number of aliphatic hydroxyl groups is 1. The van der Waals surface area contributed by atoms with Gasteiger partial charge in [0.15, 0.2) is 0 Å². The first-order valence-corrected chi connectivity index (χ1v) is 5.89. The molecule has 0 fully saturated rings. The van der Waals surface area contributed by atoms with E-state index in [1.165, 1.54) is 0 Å². The Bertz CT molecular complexity index is 469. The van der Waals surface area contributed by atoms with E-state index in [1.807, 2.05) is 31.2 Å². The highest BCUT2D eigenvalue weighted by Crippen LogP contribution is 2.30. The molecule has 0 aliphatic carbocycles. The fraction of sp³-hybridized carbons (Fsp3) is 0.214. The number of hydrogen-bond donors (Lipinski definition) is 1. The van der Waals surface area contributed by atoms with Gasteiger partial charge in [0.1, 0.15) is 0 Å². The molecule has 0 saturated heterocycles. The van der Waals surface area contributed by atoms with Crippen LogP contribution in [0.25, 0.3) is 0 Å². The molecule has 1 aromatic heterocycles. The first kappa shape index (κ1) is 12.1. The Kier molecular flexibility index (Phi) is 3.77. The lowest BCUT2D eigenvalue weighted by atomic mass is 9.91. The van der Waals surface area contributed by atoms with Gasteiger partial charge in [-0.05, 0) is 35.4 Å². The largest absolute Gasteiger partial charge is 0.388 e. The highest BCUT2D eigenvalue weighted by molar-refractivity contribution is 6.30. The molecule has 2 rings (SSSR count). The Morgan fingerprint density at radius 1 is 1.00 bits per heavy atom. The molecule has 0 aliphatic rings. The molecule has 0 bridgehead atoms. The van der Waals surface area contributed by atoms with Crippen LogP contribution in [0.15, 0.2) is 48.8 Å². The quantitative estimate of drug-likeness (QED) is 0.900. The Hall–Kier alpha value is -1.38. The van der Waals surface area contributed by atoms with Crippen LogP contribution in [0, 0.1) is 0 Å². The molecular weight excluding hydrogens is 234 g/mol. The Morgan fingerprint density at radius 2 is 1.59 bits per heavy atom. The second-order valence-electron chi connectivity index (χ2n) is 4.07. The van der Waals surface area contributed by atoms with E-state index >= 15 is 0 Å². The molecule has 3 heteroatoms. The van der Waals surface area contributed by atoms with Crippen molar-refractivity contribution >= 4 is 11.6 Å². The van der Waals surface area contributed by atoms with Gasteiger partial charge in [-0.1, -0.05) is 30.7 Å². The van der Waals surface area contributed by atoms with Gasteiger partial charge in [0.05, 0.1) is 6.10 Å². The Morgan fingerprint density at radius 3 is 2.18 bits per heavy atom. The van der Waals surface area contributed by atoms with Gasteiger partial charge in [0.2, 0.25) is 0 Å². The summed E-state index contributed by atoms with van der Waals surface area (Å²) in [5, 5.41) is 10.9. The van der Waals surface area contributed by atoms with Gasteiger partial charge in [-0.15, -0.1) is 0 Å². The molecular formula is C14H14ClNO. The van der Waals surface area contributed by atoms with Gasteiger partial charge >= 0.3 is 0 Å². The van der Waals surface area contributed by atoms with Crippen LogP contribution in [0.1, 0.15) is 30.1 Å². The van der Waals surface area contributed by atoms with E-state index < -0.39 is 6.10 Å². The van der Waals surface area contributed by atoms with Crippen LogP contribution in [0.5, 0.6) is 0 Å². The first-order valence-electron chi connectivity index (χ1n) is 5.52. The van der Waals surface area contributed by atoms with E-state index in [0.29, 0.717) is 5.02 Å². The third kappa shape index (κ3) is 2.84. The number of halogens is 1. The number of aromatic nitrogens is 1. The SMILES string of the molecule is C[C@H](c1ccncc1)[C@H](O)c1ccc(Cl)cc1. The highest BCUT2D eigenvalue weighted by Gasteiger charge is 2.17. The van der Waals surface area contributed by atoms with E-state index in [2.05, 4.69) is 4.98 Å². The van der Waals surface area contributed by atoms with Gasteiger partial charge in [-0.3, -0.25) is 4.98 Å². The van der Waals surface area contributed by atoms with Gasteiger partial charge < -0.3 is 5.11 Å². The van der Waals surface area contributed by atoms with Crippen molar-refractivity contribution in [2.75, 3.05) is 0 Å². The molecule has 2 atom stereocenters. The van der Waals surface area contributed by atoms with Gasteiger partial charge in [0, 0.05) is 23.3 Å². The number of aliphatic hydroxyl groups excluding tert-OH is 1. The smallest absolute Gasteiger partial charge is 0.0855 e. The highest BCUT2D eigenvalue weighted by atomic mass is 35.5. The zero-order valence-corrected chi connectivity index (χ0v) is 10.3. The molecule has 2 nitrogen and oxygen atoms in total. The fourth-order valence-electron chi connectivity index (χ4n) is 1.80. The van der Waals surface area contributed by atoms with E-state index in [-0.39, 0.29) is 5.92 Å². The van der Waals surface area contributed by atoms with Crippen LogP contribution in [0.2, 0.25) is 5.02 Å². The van der Waals surface area contributed by atoms with E-state index in [4.69, 9.17) is 11.6 Å². The molecule has 0 saturated carbocycles. The molecule has 17 heavy (non-hydrogen) atoms. The minimum Gasteiger partial charge on any atom is -0.388 e. The van der Waals surface area contributed by atoms with Crippen molar-refractivity contribution in [3.05, 3.63) is 64.9 Å². The summed E-state index contributed by atoms with van der Waals surface area (Å²) < 4.78 is 0. The lowest BCUT2D eigenvalue weighted by molar-refractivity contribution is 0.151. The second kappa shape index (κ2) is 5.30. The minimum atomic E-state index is -0.533. The summed E-state index contributed by atoms with van der Waals surface area (Å²) in [6, 6.07) is 11.1. The minimum absolute atomic E-state index is 0.0270. The predicted octanol–water partition coefficient (Wildman–Crippen LogP) is 3.57. The average molecular weight is 248 g/mol. The van der Waals surface area contributed by atoms with Crippen molar-refractivity contribution in [2.45, 2.75) is 18.9 Å². The monoisotopic (exact) mass is 247 g/mol. The molecule has 1 aromatic carbocycles. The van der Waals surface area contributed by atoms with Crippen LogP contribution in [-0.2, 0) is 0 Å². The van der Waals surface area contributed by atoms with Crippen molar-refractivity contribution < 1.29 is 5.11 Å². The zero-order chi connectivity index (χ0) is 12.3. The lowest BCUT2D eigenvalue weighted by Gasteiger charge is -2.19. The normalized spacial score (nSPS) is 14.3. The summed E-state index contributed by atoms with van der Waals surface area (Å²) >= 11 is 5.82. The van der Waals surface area contributed by atoms with Crippen LogP contribution < -0.4 is 0 Å². The van der Waals surface area contributed by atoms with Crippen LogP contribution in [0.3, 0.4) is 0 Å². The van der Waals surface area contributed by atoms with Gasteiger partial charge in [-0.2, -0.15) is 0 Å². The molecule has 88 valence electrons. The topological polar surface area (TPSA) is 33.1 Å². The van der Waals surface area contributed by atoms with Crippen molar-refractivity contribution in [3.8, 4) is 0 Å². The molecule has 0 radical (unpaired) electrons. The molecule has 0 spiro atoms. The number of hydrogen-bond acceptors (Lipinski definition) is 2. The molecule has 1 heterocycles. The van der Waals surface area contributed by atoms with E-state index in [0.717, 1.165) is 11.1 Å². The van der Waals surface area contributed by atoms with Crippen molar-refractivity contribution in [3.63, 3.8) is 0 Å². The Labute approximate surface area is 106 Å². The summed E-state index contributed by atoms with van der Waals surface area (Å²) in [7, 11) is 0. The van der Waals surface area contributed by atoms with Crippen LogP contribution in [0.4, 0.5) is 0 Å². The molecule has 2 aromatic rings. The number of benzene rings is 1. The average Bonchev–Trinajstić information content (AvgIpc) is 2.39. The third-order valence-electron chi connectivity index (χ3n) is 2.92. The van der Waals surface area contributed by atoms with E-state index in [9.17, 15) is 5.11 Å². The molecule has 0 unspecified atom stereocenters. The standard InChI is InChI=1S/C14H14ClNO/c1-10(11-6-8-16-9-7-11)14(17)12-2-4-13(15)5-3-12/h2-10,14,17H,1H3/t10-,14+/m1/s1. The maximum absolute atomic E-state index is 10.3. The summed E-state index contributed by atoms with van der Waals surface area (Å²) in [6.45, 7) is 1.99. The van der Waals surface area contributed by atoms with Crippen molar-refractivity contribution in [1.82, 2.24) is 4.98 Å². The summed E-state index contributed by atoms with van der Waals surface area (Å²) in [5.41, 5.74) is 1.95.